The maximum Gasteiger partial charge on any atom is 0.231 e. The summed E-state index contributed by atoms with van der Waals surface area (Å²) in [4.78, 5) is 8.22. The number of nitrogens with one attached hydrogen (secondary N) is 1. The number of benzene rings is 1. The van der Waals surface area contributed by atoms with Gasteiger partial charge in [0.15, 0.2) is 11.5 Å². The van der Waals surface area contributed by atoms with E-state index >= 15 is 0 Å². The minimum Gasteiger partial charge on any atom is -0.454 e. The molecule has 0 unspecified atom stereocenters. The zero-order chi connectivity index (χ0) is 18.9. The van der Waals surface area contributed by atoms with Gasteiger partial charge in [-0.05, 0) is 31.2 Å². The molecule has 5 heteroatoms. The molecule has 5 nitrogen and oxygen atoms in total. The highest BCUT2D eigenvalue weighted by Gasteiger charge is 2.24. The van der Waals surface area contributed by atoms with E-state index in [9.17, 15) is 0 Å². The van der Waals surface area contributed by atoms with Crippen LogP contribution in [0.2, 0.25) is 0 Å². The van der Waals surface area contributed by atoms with Crippen LogP contribution in [0.15, 0.2) is 48.6 Å². The number of hydrogen-bond acceptors (Lipinski definition) is 4. The highest BCUT2D eigenvalue weighted by atomic mass is 16.7. The normalized spacial score (nSPS) is 14.2. The van der Waals surface area contributed by atoms with Crippen molar-refractivity contribution in [1.82, 2.24) is 9.97 Å². The Morgan fingerprint density at radius 1 is 1.27 bits per heavy atom. The number of rotatable bonds is 4. The van der Waals surface area contributed by atoms with Crippen LogP contribution in [0, 0.1) is 0 Å². The Labute approximate surface area is 154 Å². The highest BCUT2D eigenvalue weighted by molar-refractivity contribution is 5.78. The van der Waals surface area contributed by atoms with Gasteiger partial charge in [-0.1, -0.05) is 45.1 Å². The molecule has 3 N–H and O–H groups in total. The van der Waals surface area contributed by atoms with Crippen molar-refractivity contribution in [2.75, 3.05) is 6.79 Å². The number of aromatic nitrogens is 2. The van der Waals surface area contributed by atoms with Gasteiger partial charge < -0.3 is 20.2 Å². The van der Waals surface area contributed by atoms with Gasteiger partial charge >= 0.3 is 0 Å². The highest BCUT2D eigenvalue weighted by Crippen LogP contribution is 2.37. The Balaban J connectivity index is 2.08. The number of fused-ring (bicyclic) bond motifs is 1. The van der Waals surface area contributed by atoms with Crippen LogP contribution in [0.1, 0.15) is 39.2 Å². The fraction of sp³-hybridized carbons (Fsp3) is 0.286. The summed E-state index contributed by atoms with van der Waals surface area (Å²) in [6.45, 7) is 12.4. The Morgan fingerprint density at radius 3 is 2.69 bits per heavy atom. The van der Waals surface area contributed by atoms with Crippen LogP contribution < -0.4 is 15.2 Å². The van der Waals surface area contributed by atoms with Crippen LogP contribution in [0.4, 0.5) is 0 Å². The second kappa shape index (κ2) is 6.75. The van der Waals surface area contributed by atoms with Gasteiger partial charge in [0.25, 0.3) is 0 Å². The second-order valence-electron chi connectivity index (χ2n) is 7.45. The van der Waals surface area contributed by atoms with Gasteiger partial charge in [-0.15, -0.1) is 0 Å². The lowest BCUT2D eigenvalue weighted by molar-refractivity contribution is 0.174. The van der Waals surface area contributed by atoms with Crippen LogP contribution in [0.5, 0.6) is 11.5 Å². The average molecular weight is 351 g/mol. The van der Waals surface area contributed by atoms with Gasteiger partial charge in [-0.3, -0.25) is 0 Å². The molecule has 0 spiro atoms. The molecule has 0 fully saturated rings. The Morgan fingerprint density at radius 2 is 2.00 bits per heavy atom. The summed E-state index contributed by atoms with van der Waals surface area (Å²) in [6, 6.07) is 5.80. The predicted molar refractivity (Wildman–Crippen MR) is 105 cm³/mol. The number of nitrogens with zero attached hydrogens (tertiary/aromatic N) is 1. The number of nitrogens with two attached hydrogens (primary N) is 1. The van der Waals surface area contributed by atoms with Crippen molar-refractivity contribution in [2.24, 2.45) is 5.73 Å². The van der Waals surface area contributed by atoms with E-state index in [1.807, 2.05) is 43.4 Å². The van der Waals surface area contributed by atoms with Crippen LogP contribution in [0.25, 0.3) is 17.0 Å². The molecule has 0 radical (unpaired) electrons. The zero-order valence-corrected chi connectivity index (χ0v) is 15.7. The minimum atomic E-state index is -0.128. The Kier molecular flexibility index (Phi) is 4.64. The van der Waals surface area contributed by atoms with Gasteiger partial charge in [0.1, 0.15) is 5.82 Å². The third kappa shape index (κ3) is 3.67. The maximum absolute atomic E-state index is 6.34. The summed E-state index contributed by atoms with van der Waals surface area (Å²) in [6.07, 6.45) is 5.65. The van der Waals surface area contributed by atoms with E-state index in [4.69, 9.17) is 20.2 Å². The van der Waals surface area contributed by atoms with Gasteiger partial charge in [0.2, 0.25) is 6.79 Å². The Hall–Kier alpha value is -2.95. The number of imidazole rings is 1. The molecular formula is C21H25N3O2. The molecule has 2 aromatic rings. The standard InChI is InChI=1S/C21H25N3O2/c1-13(2)7-6-8-15(22)19-18(23-20(24-19)21(3,4)5)14-9-10-16-17(11-14)26-12-25-16/h6-11H,1,12,22H2,2-5H3,(H,23,24)/b7-6-,15-8-. The van der Waals surface area contributed by atoms with E-state index in [0.29, 0.717) is 5.70 Å². The first-order chi connectivity index (χ1) is 12.3. The minimum absolute atomic E-state index is 0.128. The number of ether oxygens (including phenoxy) is 2. The summed E-state index contributed by atoms with van der Waals surface area (Å²) in [5.74, 6) is 2.34. The molecule has 26 heavy (non-hydrogen) atoms. The van der Waals surface area contributed by atoms with Crippen LogP contribution in [-0.4, -0.2) is 16.8 Å². The molecule has 0 saturated heterocycles. The molecule has 1 aromatic carbocycles. The topological polar surface area (TPSA) is 73.2 Å². The summed E-state index contributed by atoms with van der Waals surface area (Å²) >= 11 is 0. The zero-order valence-electron chi connectivity index (χ0n) is 15.7. The van der Waals surface area contributed by atoms with Gasteiger partial charge in [-0.25, -0.2) is 4.98 Å². The lowest BCUT2D eigenvalue weighted by Crippen LogP contribution is -2.13. The van der Waals surface area contributed by atoms with Crippen molar-refractivity contribution >= 4 is 5.70 Å². The largest absolute Gasteiger partial charge is 0.454 e. The molecule has 0 aliphatic carbocycles. The van der Waals surface area contributed by atoms with Crippen molar-refractivity contribution in [3.8, 4) is 22.8 Å². The second-order valence-corrected chi connectivity index (χ2v) is 7.45. The number of allylic oxidation sites excluding steroid dienone is 4. The summed E-state index contributed by atoms with van der Waals surface area (Å²) in [5, 5.41) is 0. The first-order valence-electron chi connectivity index (χ1n) is 8.56. The lowest BCUT2D eigenvalue weighted by atomic mass is 9.96. The molecule has 2 heterocycles. The van der Waals surface area contributed by atoms with Crippen molar-refractivity contribution in [2.45, 2.75) is 33.1 Å². The van der Waals surface area contributed by atoms with Crippen LogP contribution >= 0.6 is 0 Å². The lowest BCUT2D eigenvalue weighted by Gasteiger charge is -2.14. The van der Waals surface area contributed by atoms with Gasteiger partial charge in [-0.2, -0.15) is 0 Å². The van der Waals surface area contributed by atoms with Crippen LogP contribution in [-0.2, 0) is 5.41 Å². The van der Waals surface area contributed by atoms with E-state index in [1.165, 1.54) is 0 Å². The maximum atomic E-state index is 6.34. The van der Waals surface area contributed by atoms with Gasteiger partial charge in [0.05, 0.1) is 17.1 Å². The summed E-state index contributed by atoms with van der Waals surface area (Å²) in [7, 11) is 0. The number of aromatic amines is 1. The summed E-state index contributed by atoms with van der Waals surface area (Å²) in [5.41, 5.74) is 10.3. The molecule has 1 aliphatic heterocycles. The van der Waals surface area contributed by atoms with Gasteiger partial charge in [0, 0.05) is 11.0 Å². The molecule has 3 rings (SSSR count). The van der Waals surface area contributed by atoms with E-state index in [-0.39, 0.29) is 12.2 Å². The smallest absolute Gasteiger partial charge is 0.231 e. The number of hydrogen-bond donors (Lipinski definition) is 2. The third-order valence-electron chi connectivity index (χ3n) is 4.01. The van der Waals surface area contributed by atoms with Crippen molar-refractivity contribution in [3.63, 3.8) is 0 Å². The van der Waals surface area contributed by atoms with E-state index in [1.54, 1.807) is 0 Å². The first kappa shape index (κ1) is 17.9. The third-order valence-corrected chi connectivity index (χ3v) is 4.01. The van der Waals surface area contributed by atoms with Crippen LogP contribution in [0.3, 0.4) is 0 Å². The molecule has 0 saturated carbocycles. The quantitative estimate of drug-likeness (QED) is 0.794. The molecule has 0 atom stereocenters. The molecular weight excluding hydrogens is 326 g/mol. The first-order valence-corrected chi connectivity index (χ1v) is 8.56. The summed E-state index contributed by atoms with van der Waals surface area (Å²) < 4.78 is 10.9. The fourth-order valence-corrected chi connectivity index (χ4v) is 2.59. The molecule has 1 aromatic heterocycles. The van der Waals surface area contributed by atoms with E-state index in [2.05, 4.69) is 32.3 Å². The molecule has 1 aliphatic rings. The predicted octanol–water partition coefficient (Wildman–Crippen LogP) is 4.53. The fourth-order valence-electron chi connectivity index (χ4n) is 2.59. The van der Waals surface area contributed by atoms with Crippen molar-refractivity contribution in [3.05, 3.63) is 60.1 Å². The SMILES string of the molecule is C=C(C)/C=C\C=C(/N)c1[nH]c(C(C)(C)C)nc1-c1ccc2c(c1)OCO2. The molecule has 0 amide bonds. The monoisotopic (exact) mass is 351 g/mol. The van der Waals surface area contributed by atoms with Crippen molar-refractivity contribution in [1.29, 1.82) is 0 Å². The van der Waals surface area contributed by atoms with E-state index in [0.717, 1.165) is 39.8 Å². The Bertz CT molecular complexity index is 898. The van der Waals surface area contributed by atoms with E-state index < -0.39 is 0 Å². The van der Waals surface area contributed by atoms with Crippen molar-refractivity contribution < 1.29 is 9.47 Å². The molecule has 0 bridgehead atoms. The average Bonchev–Trinajstić information content (AvgIpc) is 3.20. The molecule has 136 valence electrons. The number of H-pyrrole nitrogens is 1.